The van der Waals surface area contributed by atoms with Crippen molar-refractivity contribution in [2.75, 3.05) is 31.1 Å². The summed E-state index contributed by atoms with van der Waals surface area (Å²) in [6, 6.07) is 10.9. The molecule has 4 rings (SSSR count). The first kappa shape index (κ1) is 20.2. The summed E-state index contributed by atoms with van der Waals surface area (Å²) < 4.78 is 39.3. The molecule has 1 saturated heterocycles. The van der Waals surface area contributed by atoms with Gasteiger partial charge >= 0.3 is 6.18 Å². The van der Waals surface area contributed by atoms with Gasteiger partial charge in [-0.3, -0.25) is 4.79 Å². The number of carbonyl (C=O) groups excluding carboxylic acids is 1. The molecule has 30 heavy (non-hydrogen) atoms. The molecule has 0 N–H and O–H groups in total. The quantitative estimate of drug-likeness (QED) is 0.626. The summed E-state index contributed by atoms with van der Waals surface area (Å²) >= 11 is 5.87. The van der Waals surface area contributed by atoms with E-state index in [0.717, 1.165) is 16.6 Å². The van der Waals surface area contributed by atoms with Crippen LogP contribution in [-0.2, 0) is 6.18 Å². The lowest BCUT2D eigenvalue weighted by Gasteiger charge is -2.35. The number of nitrogens with zero attached hydrogens (tertiary/aromatic N) is 5. The Balaban J connectivity index is 1.39. The number of piperazine rings is 1. The average Bonchev–Trinajstić information content (AvgIpc) is 3.25. The molecule has 3 heterocycles. The van der Waals surface area contributed by atoms with Gasteiger partial charge in [-0.25, -0.2) is 9.67 Å². The number of hydrogen-bond donors (Lipinski definition) is 0. The van der Waals surface area contributed by atoms with E-state index in [1.165, 1.54) is 6.20 Å². The zero-order valence-corrected chi connectivity index (χ0v) is 16.4. The Labute approximate surface area is 175 Å². The number of aromatic nitrogens is 3. The van der Waals surface area contributed by atoms with E-state index in [-0.39, 0.29) is 5.91 Å². The van der Waals surface area contributed by atoms with Crippen molar-refractivity contribution in [3.63, 3.8) is 0 Å². The zero-order chi connectivity index (χ0) is 21.3. The van der Waals surface area contributed by atoms with Crippen molar-refractivity contribution in [2.45, 2.75) is 6.18 Å². The Hall–Kier alpha value is -3.07. The molecule has 10 heteroatoms. The van der Waals surface area contributed by atoms with Crippen LogP contribution in [0.1, 0.15) is 16.1 Å². The van der Waals surface area contributed by atoms with Crippen molar-refractivity contribution in [2.24, 2.45) is 0 Å². The molecular formula is C20H17ClF3N5O. The molecule has 1 fully saturated rings. The molecule has 0 spiro atoms. The summed E-state index contributed by atoms with van der Waals surface area (Å²) in [7, 11) is 0. The van der Waals surface area contributed by atoms with Gasteiger partial charge in [-0.05, 0) is 42.5 Å². The Morgan fingerprint density at radius 3 is 2.23 bits per heavy atom. The number of amides is 1. The van der Waals surface area contributed by atoms with Gasteiger partial charge in [0.05, 0.1) is 10.7 Å². The maximum Gasteiger partial charge on any atom is 0.435 e. The molecule has 6 nitrogen and oxygen atoms in total. The number of halogens is 4. The first-order chi connectivity index (χ1) is 14.3. The lowest BCUT2D eigenvalue weighted by molar-refractivity contribution is -0.141. The second-order valence-electron chi connectivity index (χ2n) is 6.80. The van der Waals surface area contributed by atoms with Gasteiger partial charge in [-0.2, -0.15) is 18.3 Å². The number of alkyl halides is 3. The van der Waals surface area contributed by atoms with Crippen molar-refractivity contribution < 1.29 is 18.0 Å². The topological polar surface area (TPSA) is 54.3 Å². The molecule has 1 amide bonds. The van der Waals surface area contributed by atoms with Crippen molar-refractivity contribution in [1.29, 1.82) is 0 Å². The van der Waals surface area contributed by atoms with Crippen LogP contribution in [0.25, 0.3) is 5.69 Å². The monoisotopic (exact) mass is 435 g/mol. The maximum atomic E-state index is 12.8. The van der Waals surface area contributed by atoms with Crippen LogP contribution in [0.15, 0.2) is 54.9 Å². The number of anilines is 1. The Kier molecular flexibility index (Phi) is 5.38. The van der Waals surface area contributed by atoms with Gasteiger partial charge in [-0.1, -0.05) is 11.6 Å². The van der Waals surface area contributed by atoms with Crippen LogP contribution in [0.2, 0.25) is 5.02 Å². The lowest BCUT2D eigenvalue weighted by atomic mass is 10.1. The van der Waals surface area contributed by atoms with Gasteiger partial charge in [0.15, 0.2) is 5.69 Å². The molecule has 0 unspecified atom stereocenters. The largest absolute Gasteiger partial charge is 0.435 e. The zero-order valence-electron chi connectivity index (χ0n) is 15.7. The minimum atomic E-state index is -4.50. The van der Waals surface area contributed by atoms with Crippen LogP contribution < -0.4 is 4.90 Å². The number of hydrogen-bond acceptors (Lipinski definition) is 4. The molecule has 1 aromatic carbocycles. The fraction of sp³-hybridized carbons (Fsp3) is 0.250. The molecule has 0 saturated carbocycles. The summed E-state index contributed by atoms with van der Waals surface area (Å²) in [6.07, 6.45) is -1.66. The molecule has 0 bridgehead atoms. The Morgan fingerprint density at radius 1 is 0.967 bits per heavy atom. The normalized spacial score (nSPS) is 14.8. The SMILES string of the molecule is O=C(c1ccc(-n2ccc(C(F)(F)F)n2)cc1)N1CCN(c2ccc(Cl)cn2)CC1. The second kappa shape index (κ2) is 7.98. The van der Waals surface area contributed by atoms with E-state index in [9.17, 15) is 18.0 Å². The highest BCUT2D eigenvalue weighted by molar-refractivity contribution is 6.30. The van der Waals surface area contributed by atoms with Crippen molar-refractivity contribution in [3.8, 4) is 5.69 Å². The lowest BCUT2D eigenvalue weighted by Crippen LogP contribution is -2.49. The molecule has 0 radical (unpaired) electrons. The molecule has 1 aliphatic heterocycles. The van der Waals surface area contributed by atoms with E-state index < -0.39 is 11.9 Å². The summed E-state index contributed by atoms with van der Waals surface area (Å²) in [6.45, 7) is 2.37. The highest BCUT2D eigenvalue weighted by atomic mass is 35.5. The van der Waals surface area contributed by atoms with Crippen LogP contribution in [0.3, 0.4) is 0 Å². The molecule has 0 aliphatic carbocycles. The third kappa shape index (κ3) is 4.25. The minimum absolute atomic E-state index is 0.123. The van der Waals surface area contributed by atoms with Crippen LogP contribution >= 0.6 is 11.6 Å². The average molecular weight is 436 g/mol. The third-order valence-electron chi connectivity index (χ3n) is 4.86. The number of carbonyl (C=O) groups is 1. The molecule has 1 aliphatic rings. The van der Waals surface area contributed by atoms with E-state index in [1.807, 2.05) is 6.07 Å². The van der Waals surface area contributed by atoms with E-state index in [2.05, 4.69) is 15.0 Å². The Morgan fingerprint density at radius 2 is 1.67 bits per heavy atom. The van der Waals surface area contributed by atoms with E-state index in [0.29, 0.717) is 42.5 Å². The maximum absolute atomic E-state index is 12.8. The van der Waals surface area contributed by atoms with Gasteiger partial charge in [-0.15, -0.1) is 0 Å². The fourth-order valence-electron chi connectivity index (χ4n) is 3.25. The first-order valence-electron chi connectivity index (χ1n) is 9.20. The Bertz CT molecular complexity index is 1030. The van der Waals surface area contributed by atoms with Gasteiger partial charge in [0.1, 0.15) is 5.82 Å². The summed E-state index contributed by atoms with van der Waals surface area (Å²) in [5.74, 6) is 0.690. The van der Waals surface area contributed by atoms with Crippen LogP contribution in [0.5, 0.6) is 0 Å². The molecular weight excluding hydrogens is 419 g/mol. The number of rotatable bonds is 3. The van der Waals surface area contributed by atoms with Crippen LogP contribution in [0, 0.1) is 0 Å². The highest BCUT2D eigenvalue weighted by Crippen LogP contribution is 2.28. The summed E-state index contributed by atoms with van der Waals surface area (Å²) in [4.78, 5) is 20.9. The van der Waals surface area contributed by atoms with Crippen molar-refractivity contribution >= 4 is 23.3 Å². The molecule has 3 aromatic rings. The van der Waals surface area contributed by atoms with E-state index >= 15 is 0 Å². The van der Waals surface area contributed by atoms with Gasteiger partial charge < -0.3 is 9.80 Å². The predicted octanol–water partition coefficient (Wildman–Crippen LogP) is 3.90. The number of pyridine rings is 1. The van der Waals surface area contributed by atoms with Crippen molar-refractivity contribution in [3.05, 3.63) is 71.1 Å². The fourth-order valence-corrected chi connectivity index (χ4v) is 3.36. The standard InChI is InChI=1S/C20H17ClF3N5O/c21-15-3-6-18(25-13-15)27-9-11-28(12-10-27)19(30)14-1-4-16(5-2-14)29-8-7-17(26-29)20(22,23)24/h1-8,13H,9-12H2. The first-order valence-corrected chi connectivity index (χ1v) is 9.58. The van der Waals surface area contributed by atoms with Crippen LogP contribution in [0.4, 0.5) is 19.0 Å². The van der Waals surface area contributed by atoms with E-state index in [1.54, 1.807) is 41.4 Å². The van der Waals surface area contributed by atoms with Gasteiger partial charge in [0.25, 0.3) is 5.91 Å². The smallest absolute Gasteiger partial charge is 0.353 e. The molecule has 0 atom stereocenters. The summed E-state index contributed by atoms with van der Waals surface area (Å²) in [5.41, 5.74) is -0.0450. The highest BCUT2D eigenvalue weighted by Gasteiger charge is 2.33. The van der Waals surface area contributed by atoms with Gasteiger partial charge in [0.2, 0.25) is 0 Å². The third-order valence-corrected chi connectivity index (χ3v) is 5.08. The minimum Gasteiger partial charge on any atom is -0.353 e. The predicted molar refractivity (Wildman–Crippen MR) is 106 cm³/mol. The second-order valence-corrected chi connectivity index (χ2v) is 7.24. The molecule has 2 aromatic heterocycles. The van der Waals surface area contributed by atoms with Gasteiger partial charge in [0, 0.05) is 44.1 Å². The molecule has 156 valence electrons. The van der Waals surface area contributed by atoms with Crippen LogP contribution in [-0.4, -0.2) is 51.8 Å². The summed E-state index contributed by atoms with van der Waals surface area (Å²) in [5, 5.41) is 4.11. The van der Waals surface area contributed by atoms with E-state index in [4.69, 9.17) is 11.6 Å². The number of benzene rings is 1. The van der Waals surface area contributed by atoms with Crippen molar-refractivity contribution in [1.82, 2.24) is 19.7 Å².